The number of fused-ring (bicyclic) bond motifs is 1. The van der Waals surface area contributed by atoms with Crippen molar-refractivity contribution in [3.63, 3.8) is 0 Å². The fourth-order valence-corrected chi connectivity index (χ4v) is 3.38. The van der Waals surface area contributed by atoms with Gasteiger partial charge in [-0.15, -0.1) is 0 Å². The van der Waals surface area contributed by atoms with Crippen LogP contribution in [0.25, 0.3) is 0 Å². The first kappa shape index (κ1) is 18.5. The number of aryl methyl sites for hydroxylation is 3. The number of carbonyl (C=O) groups is 2. The Labute approximate surface area is 158 Å². The van der Waals surface area contributed by atoms with E-state index in [4.69, 9.17) is 21.1 Å². The van der Waals surface area contributed by atoms with Gasteiger partial charge >= 0.3 is 5.97 Å². The number of rotatable bonds is 6. The summed E-state index contributed by atoms with van der Waals surface area (Å²) in [5, 5.41) is 0.603. The van der Waals surface area contributed by atoms with Gasteiger partial charge in [0.2, 0.25) is 5.78 Å². The number of ketones is 1. The molecular weight excluding hydrogens is 352 g/mol. The van der Waals surface area contributed by atoms with Gasteiger partial charge in [0.1, 0.15) is 5.75 Å². The summed E-state index contributed by atoms with van der Waals surface area (Å²) in [6.07, 6.45) is 2.34. The molecule has 1 aliphatic rings. The Morgan fingerprint density at radius 3 is 2.65 bits per heavy atom. The van der Waals surface area contributed by atoms with Crippen molar-refractivity contribution < 1.29 is 19.1 Å². The van der Waals surface area contributed by atoms with E-state index in [1.165, 1.54) is 11.1 Å². The molecule has 0 fully saturated rings. The standard InChI is InChI=1S/C21H21ClO4/c1-13-10-18(22)8-9-19(13)25-12-20(23)26-14(2)21(24)17-7-6-15-4-3-5-16(15)11-17/h6-11,14H,3-5,12H2,1-2H3/t14-/m1/s1. The Bertz CT molecular complexity index is 844. The van der Waals surface area contributed by atoms with Gasteiger partial charge < -0.3 is 9.47 Å². The topological polar surface area (TPSA) is 52.6 Å². The van der Waals surface area contributed by atoms with Crippen molar-refractivity contribution in [3.05, 3.63) is 63.7 Å². The summed E-state index contributed by atoms with van der Waals surface area (Å²) in [6.45, 7) is 3.16. The first-order valence-electron chi connectivity index (χ1n) is 8.68. The van der Waals surface area contributed by atoms with Gasteiger partial charge in [-0.2, -0.15) is 0 Å². The van der Waals surface area contributed by atoms with Crippen LogP contribution in [0.1, 0.15) is 40.4 Å². The molecule has 0 N–H and O–H groups in total. The van der Waals surface area contributed by atoms with Crippen molar-refractivity contribution in [3.8, 4) is 5.75 Å². The highest BCUT2D eigenvalue weighted by molar-refractivity contribution is 6.30. The average Bonchev–Trinajstić information content (AvgIpc) is 3.08. The highest BCUT2D eigenvalue weighted by Crippen LogP contribution is 2.24. The largest absolute Gasteiger partial charge is 0.482 e. The zero-order chi connectivity index (χ0) is 18.7. The molecule has 0 saturated carbocycles. The predicted octanol–water partition coefficient (Wildman–Crippen LogP) is 4.33. The van der Waals surface area contributed by atoms with E-state index in [9.17, 15) is 9.59 Å². The summed E-state index contributed by atoms with van der Waals surface area (Å²) < 4.78 is 10.7. The molecule has 2 aromatic rings. The third kappa shape index (κ3) is 4.25. The Hall–Kier alpha value is -2.33. The van der Waals surface area contributed by atoms with E-state index < -0.39 is 12.1 Å². The van der Waals surface area contributed by atoms with Crippen LogP contribution in [0.15, 0.2) is 36.4 Å². The second kappa shape index (κ2) is 7.92. The normalized spacial score (nSPS) is 13.8. The molecule has 3 rings (SSSR count). The molecule has 1 aliphatic carbocycles. The molecule has 1 atom stereocenters. The molecule has 0 spiro atoms. The average molecular weight is 373 g/mol. The van der Waals surface area contributed by atoms with Crippen molar-refractivity contribution in [2.75, 3.05) is 6.61 Å². The van der Waals surface area contributed by atoms with Crippen molar-refractivity contribution in [1.82, 2.24) is 0 Å². The maximum atomic E-state index is 12.5. The van der Waals surface area contributed by atoms with Crippen LogP contribution in [0.4, 0.5) is 0 Å². The molecule has 0 saturated heterocycles. The molecule has 0 aliphatic heterocycles. The molecule has 0 aromatic heterocycles. The number of hydrogen-bond acceptors (Lipinski definition) is 4. The van der Waals surface area contributed by atoms with E-state index in [2.05, 4.69) is 0 Å². The lowest BCUT2D eigenvalue weighted by molar-refractivity contribution is -0.148. The minimum absolute atomic E-state index is 0.198. The van der Waals surface area contributed by atoms with Crippen LogP contribution in [0.5, 0.6) is 5.75 Å². The SMILES string of the molecule is Cc1cc(Cl)ccc1OCC(=O)O[C@H](C)C(=O)c1ccc2c(c1)CCC2. The van der Waals surface area contributed by atoms with Crippen LogP contribution in [0.3, 0.4) is 0 Å². The fourth-order valence-electron chi connectivity index (χ4n) is 3.16. The van der Waals surface area contributed by atoms with E-state index >= 15 is 0 Å². The summed E-state index contributed by atoms with van der Waals surface area (Å²) in [6, 6.07) is 10.9. The van der Waals surface area contributed by atoms with E-state index in [-0.39, 0.29) is 12.4 Å². The van der Waals surface area contributed by atoms with Crippen LogP contribution in [0.2, 0.25) is 5.02 Å². The van der Waals surface area contributed by atoms with Crippen LogP contribution in [-0.4, -0.2) is 24.5 Å². The molecule has 5 heteroatoms. The lowest BCUT2D eigenvalue weighted by Gasteiger charge is -2.14. The first-order chi connectivity index (χ1) is 12.4. The number of benzene rings is 2. The van der Waals surface area contributed by atoms with Crippen molar-refractivity contribution >= 4 is 23.4 Å². The summed E-state index contributed by atoms with van der Waals surface area (Å²) in [4.78, 5) is 24.5. The Kier molecular flexibility index (Phi) is 5.62. The second-order valence-corrected chi connectivity index (χ2v) is 6.97. The lowest BCUT2D eigenvalue weighted by Crippen LogP contribution is -2.27. The van der Waals surface area contributed by atoms with E-state index in [1.54, 1.807) is 25.1 Å². The van der Waals surface area contributed by atoms with E-state index in [1.807, 2.05) is 25.1 Å². The number of esters is 1. The third-order valence-corrected chi connectivity index (χ3v) is 4.78. The molecular formula is C21H21ClO4. The molecule has 0 amide bonds. The van der Waals surface area contributed by atoms with Crippen LogP contribution in [-0.2, 0) is 22.4 Å². The highest BCUT2D eigenvalue weighted by Gasteiger charge is 2.21. The highest BCUT2D eigenvalue weighted by atomic mass is 35.5. The zero-order valence-corrected chi connectivity index (χ0v) is 15.6. The van der Waals surface area contributed by atoms with Crippen molar-refractivity contribution in [1.29, 1.82) is 0 Å². The monoisotopic (exact) mass is 372 g/mol. The Morgan fingerprint density at radius 1 is 1.12 bits per heavy atom. The molecule has 0 heterocycles. The number of halogens is 1. The summed E-state index contributed by atoms with van der Waals surface area (Å²) in [5.41, 5.74) is 3.93. The van der Waals surface area contributed by atoms with Gasteiger partial charge in [-0.3, -0.25) is 4.79 Å². The van der Waals surface area contributed by atoms with Gasteiger partial charge in [-0.1, -0.05) is 23.7 Å². The fraction of sp³-hybridized carbons (Fsp3) is 0.333. The minimum Gasteiger partial charge on any atom is -0.482 e. The summed E-state index contributed by atoms with van der Waals surface area (Å²) >= 11 is 5.89. The molecule has 136 valence electrons. The number of carbonyl (C=O) groups excluding carboxylic acids is 2. The van der Waals surface area contributed by atoms with Gasteiger partial charge in [0.25, 0.3) is 0 Å². The maximum absolute atomic E-state index is 12.5. The van der Waals surface area contributed by atoms with Crippen LogP contribution >= 0.6 is 11.6 Å². The van der Waals surface area contributed by atoms with Gasteiger partial charge in [0, 0.05) is 10.6 Å². The molecule has 0 radical (unpaired) electrons. The first-order valence-corrected chi connectivity index (χ1v) is 9.06. The maximum Gasteiger partial charge on any atom is 0.344 e. The summed E-state index contributed by atoms with van der Waals surface area (Å²) in [7, 11) is 0. The lowest BCUT2D eigenvalue weighted by atomic mass is 10.0. The molecule has 26 heavy (non-hydrogen) atoms. The Balaban J connectivity index is 1.56. The number of hydrogen-bond donors (Lipinski definition) is 0. The molecule has 2 aromatic carbocycles. The second-order valence-electron chi connectivity index (χ2n) is 6.53. The van der Waals surface area contributed by atoms with E-state index in [0.717, 1.165) is 24.8 Å². The van der Waals surface area contributed by atoms with Gasteiger partial charge in [-0.25, -0.2) is 4.79 Å². The van der Waals surface area contributed by atoms with Crippen molar-refractivity contribution in [2.24, 2.45) is 0 Å². The zero-order valence-electron chi connectivity index (χ0n) is 14.9. The number of ether oxygens (including phenoxy) is 2. The molecule has 0 unspecified atom stereocenters. The smallest absolute Gasteiger partial charge is 0.344 e. The number of Topliss-reactive ketones (excluding diaryl/α,β-unsaturated/α-hetero) is 1. The van der Waals surface area contributed by atoms with Crippen LogP contribution < -0.4 is 4.74 Å². The van der Waals surface area contributed by atoms with Gasteiger partial charge in [0.15, 0.2) is 12.7 Å². The minimum atomic E-state index is -0.850. The van der Waals surface area contributed by atoms with Crippen LogP contribution in [0, 0.1) is 6.92 Å². The molecule has 0 bridgehead atoms. The van der Waals surface area contributed by atoms with Crippen molar-refractivity contribution in [2.45, 2.75) is 39.2 Å². The third-order valence-electron chi connectivity index (χ3n) is 4.54. The summed E-state index contributed by atoms with van der Waals surface area (Å²) in [5.74, 6) is -0.221. The van der Waals surface area contributed by atoms with E-state index in [0.29, 0.717) is 16.3 Å². The molecule has 4 nitrogen and oxygen atoms in total. The van der Waals surface area contributed by atoms with Gasteiger partial charge in [0.05, 0.1) is 0 Å². The Morgan fingerprint density at radius 2 is 1.88 bits per heavy atom. The predicted molar refractivity (Wildman–Crippen MR) is 100 cm³/mol. The quantitative estimate of drug-likeness (QED) is 0.559. The van der Waals surface area contributed by atoms with Gasteiger partial charge in [-0.05, 0) is 74.1 Å².